The molecule has 0 aromatic heterocycles. The van der Waals surface area contributed by atoms with E-state index in [9.17, 15) is 18.0 Å². The first-order valence-corrected chi connectivity index (χ1v) is 12.2. The van der Waals surface area contributed by atoms with E-state index >= 15 is 0 Å². The largest absolute Gasteiger partial charge is 0.383 e. The van der Waals surface area contributed by atoms with Gasteiger partial charge in [-0.15, -0.1) is 11.8 Å². The Bertz CT molecular complexity index is 886. The Balaban J connectivity index is 1.92. The summed E-state index contributed by atoms with van der Waals surface area (Å²) >= 11 is 1.49. The van der Waals surface area contributed by atoms with Crippen molar-refractivity contribution in [3.63, 3.8) is 0 Å². The standard InChI is InChI=1S/C19H27N3O6S2/c1-14-13-29-17-4-3-15(30(25,26)21-6-9-28-10-7-21)11-16(17)22(19(14)24)12-18(23)20-5-8-27-2/h3-4,11,14H,5-10,12-13H2,1-2H3,(H,20,23)/t14-/m1/s1. The highest BCUT2D eigenvalue weighted by atomic mass is 32.2. The zero-order valence-corrected chi connectivity index (χ0v) is 18.8. The molecule has 2 aliphatic rings. The van der Waals surface area contributed by atoms with Crippen molar-refractivity contribution >= 4 is 39.3 Å². The number of morpholine rings is 1. The number of rotatable bonds is 7. The maximum Gasteiger partial charge on any atom is 0.243 e. The molecule has 0 spiro atoms. The molecular formula is C19H27N3O6S2. The molecule has 1 N–H and O–H groups in total. The first-order valence-electron chi connectivity index (χ1n) is 9.76. The molecule has 1 aromatic carbocycles. The zero-order valence-electron chi connectivity index (χ0n) is 17.1. The highest BCUT2D eigenvalue weighted by Gasteiger charge is 2.32. The van der Waals surface area contributed by atoms with E-state index in [1.54, 1.807) is 12.1 Å². The smallest absolute Gasteiger partial charge is 0.243 e. The normalized spacial score (nSPS) is 20.5. The number of thioether (sulfide) groups is 1. The monoisotopic (exact) mass is 457 g/mol. The van der Waals surface area contributed by atoms with Crippen molar-refractivity contribution in [2.24, 2.45) is 5.92 Å². The Hall–Kier alpha value is -1.66. The van der Waals surface area contributed by atoms with E-state index in [2.05, 4.69) is 5.32 Å². The van der Waals surface area contributed by atoms with Gasteiger partial charge in [-0.1, -0.05) is 6.92 Å². The molecule has 1 atom stereocenters. The molecule has 0 bridgehead atoms. The number of benzene rings is 1. The van der Waals surface area contributed by atoms with Gasteiger partial charge in [0.25, 0.3) is 0 Å². The summed E-state index contributed by atoms with van der Waals surface area (Å²) in [5.41, 5.74) is 0.450. The molecule has 1 aromatic rings. The van der Waals surface area contributed by atoms with Crippen molar-refractivity contribution in [3.8, 4) is 0 Å². The van der Waals surface area contributed by atoms with Gasteiger partial charge in [-0.25, -0.2) is 8.42 Å². The van der Waals surface area contributed by atoms with Gasteiger partial charge in [0.2, 0.25) is 21.8 Å². The van der Waals surface area contributed by atoms with Gasteiger partial charge < -0.3 is 19.7 Å². The average molecular weight is 458 g/mol. The fourth-order valence-corrected chi connectivity index (χ4v) is 5.73. The minimum absolute atomic E-state index is 0.107. The molecule has 0 radical (unpaired) electrons. The van der Waals surface area contributed by atoms with Crippen molar-refractivity contribution in [1.29, 1.82) is 0 Å². The van der Waals surface area contributed by atoms with Crippen LogP contribution in [0.2, 0.25) is 0 Å². The SMILES string of the molecule is COCCNC(=O)CN1C(=O)[C@H](C)CSc2ccc(S(=O)(=O)N3CCOCC3)cc21. The van der Waals surface area contributed by atoms with Crippen molar-refractivity contribution in [3.05, 3.63) is 18.2 Å². The van der Waals surface area contributed by atoms with Crippen LogP contribution in [0.15, 0.2) is 28.0 Å². The van der Waals surface area contributed by atoms with Crippen LogP contribution in [0.1, 0.15) is 6.92 Å². The number of methoxy groups -OCH3 is 1. The summed E-state index contributed by atoms with van der Waals surface area (Å²) in [6, 6.07) is 4.79. The number of carbonyl (C=O) groups excluding carboxylic acids is 2. The third-order valence-electron chi connectivity index (χ3n) is 4.94. The number of sulfonamides is 1. The number of carbonyl (C=O) groups is 2. The van der Waals surface area contributed by atoms with Gasteiger partial charge >= 0.3 is 0 Å². The molecule has 2 heterocycles. The predicted molar refractivity (Wildman–Crippen MR) is 113 cm³/mol. The summed E-state index contributed by atoms with van der Waals surface area (Å²) in [7, 11) is -2.18. The van der Waals surface area contributed by atoms with E-state index in [1.165, 1.54) is 34.1 Å². The topological polar surface area (TPSA) is 105 Å². The molecule has 3 rings (SSSR count). The third-order valence-corrected chi connectivity index (χ3v) is 8.15. The number of hydrogen-bond acceptors (Lipinski definition) is 7. The summed E-state index contributed by atoms with van der Waals surface area (Å²) in [6.07, 6.45) is 0. The van der Waals surface area contributed by atoms with Crippen LogP contribution in [0.4, 0.5) is 5.69 Å². The summed E-state index contributed by atoms with van der Waals surface area (Å²) in [4.78, 5) is 27.6. The Morgan fingerprint density at radius 1 is 1.33 bits per heavy atom. The lowest BCUT2D eigenvalue weighted by atomic mass is 10.1. The van der Waals surface area contributed by atoms with E-state index in [0.717, 1.165) is 4.90 Å². The molecule has 9 nitrogen and oxygen atoms in total. The number of ether oxygens (including phenoxy) is 2. The molecule has 1 fully saturated rings. The molecule has 0 aliphatic carbocycles. The van der Waals surface area contributed by atoms with Gasteiger partial charge in [-0.3, -0.25) is 9.59 Å². The number of anilines is 1. The van der Waals surface area contributed by atoms with Gasteiger partial charge in [-0.05, 0) is 18.2 Å². The van der Waals surface area contributed by atoms with E-state index < -0.39 is 10.0 Å². The molecule has 166 valence electrons. The number of hydrogen-bond donors (Lipinski definition) is 1. The maximum atomic E-state index is 13.1. The van der Waals surface area contributed by atoms with Gasteiger partial charge in [0.15, 0.2) is 0 Å². The Labute approximate surface area is 181 Å². The number of nitrogens with zero attached hydrogens (tertiary/aromatic N) is 2. The van der Waals surface area contributed by atoms with Crippen LogP contribution in [0.5, 0.6) is 0 Å². The van der Waals surface area contributed by atoms with E-state index in [4.69, 9.17) is 9.47 Å². The average Bonchev–Trinajstić information content (AvgIpc) is 2.86. The molecule has 0 unspecified atom stereocenters. The van der Waals surface area contributed by atoms with Crippen molar-refractivity contribution in [2.45, 2.75) is 16.7 Å². The highest BCUT2D eigenvalue weighted by molar-refractivity contribution is 7.99. The highest BCUT2D eigenvalue weighted by Crippen LogP contribution is 2.38. The molecule has 2 amide bonds. The number of nitrogens with one attached hydrogen (secondary N) is 1. The first-order chi connectivity index (χ1) is 14.3. The Morgan fingerprint density at radius 3 is 2.77 bits per heavy atom. The first kappa shape index (κ1) is 23.0. The fraction of sp³-hybridized carbons (Fsp3) is 0.579. The summed E-state index contributed by atoms with van der Waals surface area (Å²) in [5, 5.41) is 2.71. The summed E-state index contributed by atoms with van der Waals surface area (Å²) in [5.74, 6) is -0.271. The lowest BCUT2D eigenvalue weighted by Crippen LogP contribution is -2.44. The van der Waals surface area contributed by atoms with Crippen molar-refractivity contribution in [2.75, 3.05) is 63.8 Å². The third kappa shape index (κ3) is 5.14. The Morgan fingerprint density at radius 2 is 2.07 bits per heavy atom. The minimum Gasteiger partial charge on any atom is -0.383 e. The minimum atomic E-state index is -3.72. The second-order valence-corrected chi connectivity index (χ2v) is 10.1. The molecule has 1 saturated heterocycles. The van der Waals surface area contributed by atoms with Gasteiger partial charge in [-0.2, -0.15) is 4.31 Å². The summed E-state index contributed by atoms with van der Waals surface area (Å²) < 4.78 is 37.7. The summed E-state index contributed by atoms with van der Waals surface area (Å²) in [6.45, 7) is 3.60. The molecule has 11 heteroatoms. The van der Waals surface area contributed by atoms with E-state index in [-0.39, 0.29) is 42.3 Å². The van der Waals surface area contributed by atoms with Crippen LogP contribution in [0.3, 0.4) is 0 Å². The van der Waals surface area contributed by atoms with Gasteiger partial charge in [0.05, 0.1) is 30.4 Å². The van der Waals surface area contributed by atoms with Gasteiger partial charge in [0, 0.05) is 43.3 Å². The number of fused-ring (bicyclic) bond motifs is 1. The van der Waals surface area contributed by atoms with Crippen LogP contribution in [-0.2, 0) is 29.1 Å². The molecule has 0 saturated carbocycles. The maximum absolute atomic E-state index is 13.1. The van der Waals surface area contributed by atoms with Crippen LogP contribution in [0, 0.1) is 5.92 Å². The van der Waals surface area contributed by atoms with Crippen LogP contribution in [0.25, 0.3) is 0 Å². The lowest BCUT2D eigenvalue weighted by Gasteiger charge is -2.27. The predicted octanol–water partition coefficient (Wildman–Crippen LogP) is 0.545. The van der Waals surface area contributed by atoms with Crippen LogP contribution in [-0.4, -0.2) is 83.4 Å². The van der Waals surface area contributed by atoms with Crippen molar-refractivity contribution < 1.29 is 27.5 Å². The molecule has 30 heavy (non-hydrogen) atoms. The zero-order chi connectivity index (χ0) is 21.7. The number of amides is 2. The fourth-order valence-electron chi connectivity index (χ4n) is 3.25. The second kappa shape index (κ2) is 10.1. The van der Waals surface area contributed by atoms with Gasteiger partial charge in [0.1, 0.15) is 6.54 Å². The molecular weight excluding hydrogens is 430 g/mol. The second-order valence-electron chi connectivity index (χ2n) is 7.13. The van der Waals surface area contributed by atoms with Crippen LogP contribution < -0.4 is 10.2 Å². The van der Waals surface area contributed by atoms with E-state index in [0.29, 0.717) is 37.8 Å². The lowest BCUT2D eigenvalue weighted by molar-refractivity contribution is -0.125. The van der Waals surface area contributed by atoms with Crippen molar-refractivity contribution in [1.82, 2.24) is 9.62 Å². The molecule has 2 aliphatic heterocycles. The quantitative estimate of drug-likeness (QED) is 0.596. The van der Waals surface area contributed by atoms with E-state index in [1.807, 2.05) is 6.92 Å². The Kier molecular flexibility index (Phi) is 7.75. The van der Waals surface area contributed by atoms with Crippen LogP contribution >= 0.6 is 11.8 Å².